The van der Waals surface area contributed by atoms with Crippen molar-refractivity contribution in [3.05, 3.63) is 24.5 Å². The van der Waals surface area contributed by atoms with Gasteiger partial charge in [0.2, 0.25) is 5.91 Å². The van der Waals surface area contributed by atoms with E-state index in [1.807, 2.05) is 0 Å². The summed E-state index contributed by atoms with van der Waals surface area (Å²) in [5, 5.41) is 22.9. The van der Waals surface area contributed by atoms with Crippen molar-refractivity contribution in [2.24, 2.45) is 0 Å². The normalized spacial score (nSPS) is 11.9. The lowest BCUT2D eigenvalue weighted by atomic mass is 10.2. The van der Waals surface area contributed by atoms with Gasteiger partial charge in [0, 0.05) is 12.7 Å². The van der Waals surface area contributed by atoms with Crippen molar-refractivity contribution in [1.82, 2.24) is 10.3 Å². The van der Waals surface area contributed by atoms with Gasteiger partial charge in [0.05, 0.1) is 38.1 Å². The summed E-state index contributed by atoms with van der Waals surface area (Å²) in [6.07, 6.45) is 2.84. The summed E-state index contributed by atoms with van der Waals surface area (Å²) in [6, 6.07) is 2.33. The first-order valence-electron chi connectivity index (χ1n) is 6.48. The average molecular weight is 297 g/mol. The molecular formula is C13H19N3O5. The number of rotatable bonds is 10. The van der Waals surface area contributed by atoms with E-state index in [9.17, 15) is 9.59 Å². The first-order chi connectivity index (χ1) is 10.1. The minimum absolute atomic E-state index is 0.0874. The number of nitrogens with zero attached hydrogens (tertiary/aromatic N) is 1. The van der Waals surface area contributed by atoms with Crippen molar-refractivity contribution < 1.29 is 24.5 Å². The molecule has 116 valence electrons. The second kappa shape index (κ2) is 9.81. The third-order valence-electron chi connectivity index (χ3n) is 2.51. The second-order valence-corrected chi connectivity index (χ2v) is 4.17. The molecule has 1 aromatic heterocycles. The maximum atomic E-state index is 11.8. The van der Waals surface area contributed by atoms with E-state index in [1.165, 1.54) is 6.20 Å². The molecule has 1 aromatic rings. The lowest BCUT2D eigenvalue weighted by molar-refractivity contribution is -0.141. The molecule has 0 spiro atoms. The number of aliphatic carboxylic acids is 1. The van der Waals surface area contributed by atoms with Crippen molar-refractivity contribution in [3.63, 3.8) is 0 Å². The van der Waals surface area contributed by atoms with Crippen LogP contribution in [0.5, 0.6) is 0 Å². The summed E-state index contributed by atoms with van der Waals surface area (Å²) < 4.78 is 5.00. The monoisotopic (exact) mass is 297 g/mol. The van der Waals surface area contributed by atoms with E-state index in [4.69, 9.17) is 14.9 Å². The van der Waals surface area contributed by atoms with E-state index < -0.39 is 17.9 Å². The van der Waals surface area contributed by atoms with Crippen molar-refractivity contribution >= 4 is 17.6 Å². The van der Waals surface area contributed by atoms with Crippen molar-refractivity contribution in [3.8, 4) is 0 Å². The third kappa shape index (κ3) is 7.35. The topological polar surface area (TPSA) is 121 Å². The van der Waals surface area contributed by atoms with Crippen LogP contribution >= 0.6 is 0 Å². The third-order valence-corrected chi connectivity index (χ3v) is 2.51. The highest BCUT2D eigenvalue weighted by atomic mass is 16.5. The molecule has 8 heteroatoms. The number of hydrogen-bond donors (Lipinski definition) is 4. The van der Waals surface area contributed by atoms with Crippen LogP contribution in [0.2, 0.25) is 0 Å². The molecule has 1 heterocycles. The number of hydrogen-bond acceptors (Lipinski definition) is 6. The maximum Gasteiger partial charge on any atom is 0.321 e. The lowest BCUT2D eigenvalue weighted by Gasteiger charge is -2.14. The molecule has 0 aliphatic carbocycles. The molecule has 1 rings (SSSR count). The Kier molecular flexibility index (Phi) is 7.95. The van der Waals surface area contributed by atoms with Gasteiger partial charge in [-0.15, -0.1) is 0 Å². The van der Waals surface area contributed by atoms with E-state index in [2.05, 4.69) is 15.6 Å². The standard InChI is InChI=1S/C13H19N3O5/c17-5-7-21-6-4-15-11(13(19)20)8-12(18)16-10-2-1-3-14-9-10/h1-3,9,11,15,17H,4-8H2,(H,16,18)(H,19,20). The van der Waals surface area contributed by atoms with E-state index in [1.54, 1.807) is 18.3 Å². The molecule has 0 radical (unpaired) electrons. The van der Waals surface area contributed by atoms with E-state index >= 15 is 0 Å². The first kappa shape index (κ1) is 17.0. The number of carbonyl (C=O) groups is 2. The molecule has 1 amide bonds. The highest BCUT2D eigenvalue weighted by molar-refractivity contribution is 5.93. The van der Waals surface area contributed by atoms with Crippen LogP contribution in [0.15, 0.2) is 24.5 Å². The number of amides is 1. The van der Waals surface area contributed by atoms with Crippen LogP contribution in [0.1, 0.15) is 6.42 Å². The molecule has 1 unspecified atom stereocenters. The van der Waals surface area contributed by atoms with Crippen LogP contribution in [-0.4, -0.2) is 59.5 Å². The number of aliphatic hydroxyl groups is 1. The van der Waals surface area contributed by atoms with Crippen LogP contribution in [-0.2, 0) is 14.3 Å². The molecule has 0 aromatic carbocycles. The van der Waals surface area contributed by atoms with E-state index in [-0.39, 0.29) is 32.8 Å². The zero-order valence-electron chi connectivity index (χ0n) is 11.5. The molecule has 0 bridgehead atoms. The van der Waals surface area contributed by atoms with Gasteiger partial charge in [-0.3, -0.25) is 14.6 Å². The van der Waals surface area contributed by atoms with Crippen LogP contribution in [0.25, 0.3) is 0 Å². The molecule has 0 fully saturated rings. The lowest BCUT2D eigenvalue weighted by Crippen LogP contribution is -2.41. The summed E-state index contributed by atoms with van der Waals surface area (Å²) in [5.41, 5.74) is 0.512. The number of carbonyl (C=O) groups excluding carboxylic acids is 1. The van der Waals surface area contributed by atoms with Crippen molar-refractivity contribution in [2.45, 2.75) is 12.5 Å². The van der Waals surface area contributed by atoms with Gasteiger partial charge in [-0.25, -0.2) is 0 Å². The summed E-state index contributed by atoms with van der Waals surface area (Å²) in [5.74, 6) is -1.53. The zero-order chi connectivity index (χ0) is 15.5. The molecule has 8 nitrogen and oxygen atoms in total. The highest BCUT2D eigenvalue weighted by Gasteiger charge is 2.20. The smallest absolute Gasteiger partial charge is 0.321 e. The zero-order valence-corrected chi connectivity index (χ0v) is 11.5. The minimum atomic E-state index is -1.11. The molecule has 0 aliphatic rings. The van der Waals surface area contributed by atoms with Gasteiger partial charge >= 0.3 is 5.97 Å². The maximum absolute atomic E-state index is 11.8. The van der Waals surface area contributed by atoms with Gasteiger partial charge in [-0.1, -0.05) is 0 Å². The summed E-state index contributed by atoms with van der Waals surface area (Å²) in [4.78, 5) is 26.7. The SMILES string of the molecule is O=C(CC(NCCOCCO)C(=O)O)Nc1cccnc1. The molecular weight excluding hydrogens is 278 g/mol. The average Bonchev–Trinajstić information content (AvgIpc) is 2.46. The van der Waals surface area contributed by atoms with E-state index in [0.717, 1.165) is 0 Å². The van der Waals surface area contributed by atoms with Crippen LogP contribution in [0, 0.1) is 0 Å². The Morgan fingerprint density at radius 1 is 1.38 bits per heavy atom. The minimum Gasteiger partial charge on any atom is -0.480 e. The number of nitrogens with one attached hydrogen (secondary N) is 2. The fourth-order valence-corrected chi connectivity index (χ4v) is 1.55. The molecule has 21 heavy (non-hydrogen) atoms. The number of ether oxygens (including phenoxy) is 1. The second-order valence-electron chi connectivity index (χ2n) is 4.17. The quantitative estimate of drug-likeness (QED) is 0.428. The fourth-order valence-electron chi connectivity index (χ4n) is 1.55. The molecule has 0 saturated heterocycles. The molecule has 1 atom stereocenters. The number of aromatic nitrogens is 1. The Morgan fingerprint density at radius 2 is 2.19 bits per heavy atom. The van der Waals surface area contributed by atoms with Crippen molar-refractivity contribution in [2.75, 3.05) is 31.7 Å². The highest BCUT2D eigenvalue weighted by Crippen LogP contribution is 2.04. The number of carboxylic acids is 1. The molecule has 0 saturated carbocycles. The fraction of sp³-hybridized carbons (Fsp3) is 0.462. The summed E-state index contributed by atoms with van der Waals surface area (Å²) in [6.45, 7) is 0.641. The Balaban J connectivity index is 2.36. The van der Waals surface area contributed by atoms with Crippen LogP contribution < -0.4 is 10.6 Å². The molecule has 4 N–H and O–H groups in total. The number of aliphatic hydroxyl groups excluding tert-OH is 1. The van der Waals surface area contributed by atoms with E-state index in [0.29, 0.717) is 5.69 Å². The number of carboxylic acid groups (broad SMARTS) is 1. The summed E-state index contributed by atoms with van der Waals surface area (Å²) >= 11 is 0. The predicted octanol–water partition coefficient (Wildman–Crippen LogP) is -0.538. The van der Waals surface area contributed by atoms with Gasteiger partial charge in [0.25, 0.3) is 0 Å². The Hall–Kier alpha value is -2.03. The number of anilines is 1. The Morgan fingerprint density at radius 3 is 2.81 bits per heavy atom. The first-order valence-corrected chi connectivity index (χ1v) is 6.48. The largest absolute Gasteiger partial charge is 0.480 e. The predicted molar refractivity (Wildman–Crippen MR) is 74.8 cm³/mol. The molecule has 0 aliphatic heterocycles. The van der Waals surface area contributed by atoms with Gasteiger partial charge in [-0.05, 0) is 12.1 Å². The van der Waals surface area contributed by atoms with Crippen LogP contribution in [0.4, 0.5) is 5.69 Å². The van der Waals surface area contributed by atoms with Gasteiger partial charge < -0.3 is 25.6 Å². The summed E-state index contributed by atoms with van der Waals surface area (Å²) in [7, 11) is 0. The van der Waals surface area contributed by atoms with Gasteiger partial charge in [-0.2, -0.15) is 0 Å². The van der Waals surface area contributed by atoms with Crippen molar-refractivity contribution in [1.29, 1.82) is 0 Å². The van der Waals surface area contributed by atoms with Crippen LogP contribution in [0.3, 0.4) is 0 Å². The Labute approximate surface area is 122 Å². The van der Waals surface area contributed by atoms with Gasteiger partial charge in [0.15, 0.2) is 0 Å². The Bertz CT molecular complexity index is 441. The number of pyridine rings is 1. The van der Waals surface area contributed by atoms with Gasteiger partial charge in [0.1, 0.15) is 6.04 Å².